The number of nitrogens with two attached hydrogens (primary N) is 1. The maximum Gasteiger partial charge on any atom is 0.239 e. The Hall–Kier alpha value is -1.62. The first-order valence-corrected chi connectivity index (χ1v) is 6.09. The molecule has 0 spiro atoms. The van der Waals surface area contributed by atoms with E-state index in [1.807, 2.05) is 0 Å². The van der Waals surface area contributed by atoms with E-state index in [-0.39, 0.29) is 18.3 Å². The maximum absolute atomic E-state index is 13.8. The molecule has 0 atom stereocenters. The zero-order chi connectivity index (χ0) is 13.1. The highest BCUT2D eigenvalue weighted by Gasteiger charge is 2.23. The number of nitrogens with one attached hydrogen (secondary N) is 1. The molecule has 1 amide bonds. The first kappa shape index (κ1) is 12.8. The Kier molecular flexibility index (Phi) is 3.81. The average Bonchev–Trinajstić information content (AvgIpc) is 3.12. The summed E-state index contributed by atoms with van der Waals surface area (Å²) in [6.45, 7) is 0.471. The number of carbonyl (C=O) groups is 1. The lowest BCUT2D eigenvalue weighted by molar-refractivity contribution is -0.119. The van der Waals surface area contributed by atoms with Gasteiger partial charge in [0.2, 0.25) is 5.91 Å². The molecule has 0 unspecified atom stereocenters. The number of carbonyl (C=O) groups excluding carboxylic acids is 1. The molecule has 0 saturated heterocycles. The number of halogens is 1. The number of nitrogens with zero attached hydrogens (tertiary/aromatic N) is 1. The van der Waals surface area contributed by atoms with Crippen LogP contribution in [0.5, 0.6) is 0 Å². The zero-order valence-corrected chi connectivity index (χ0v) is 10.4. The second-order valence-corrected chi connectivity index (χ2v) is 4.69. The van der Waals surface area contributed by atoms with Gasteiger partial charge < -0.3 is 16.0 Å². The summed E-state index contributed by atoms with van der Waals surface area (Å²) in [6.07, 6.45) is 2.10. The van der Waals surface area contributed by atoms with E-state index in [1.54, 1.807) is 24.1 Å². The molecule has 3 N–H and O–H groups in total. The van der Waals surface area contributed by atoms with Gasteiger partial charge in [0.15, 0.2) is 0 Å². The second kappa shape index (κ2) is 5.35. The van der Waals surface area contributed by atoms with Gasteiger partial charge >= 0.3 is 0 Å². The van der Waals surface area contributed by atoms with E-state index in [4.69, 9.17) is 5.73 Å². The zero-order valence-electron chi connectivity index (χ0n) is 10.4. The number of amides is 1. The van der Waals surface area contributed by atoms with Gasteiger partial charge in [-0.05, 0) is 30.5 Å². The molecule has 0 aromatic heterocycles. The summed E-state index contributed by atoms with van der Waals surface area (Å²) in [4.78, 5) is 13.2. The smallest absolute Gasteiger partial charge is 0.239 e. The Morgan fingerprint density at radius 2 is 2.28 bits per heavy atom. The Labute approximate surface area is 106 Å². The van der Waals surface area contributed by atoms with Gasteiger partial charge in [0, 0.05) is 19.6 Å². The molecular weight excluding hydrogens is 233 g/mol. The highest BCUT2D eigenvalue weighted by molar-refractivity contribution is 5.81. The molecule has 0 heterocycles. The molecule has 98 valence electrons. The molecule has 0 aliphatic heterocycles. The van der Waals surface area contributed by atoms with Gasteiger partial charge in [-0.1, -0.05) is 6.07 Å². The predicted octanol–water partition coefficient (Wildman–Crippen LogP) is 0.999. The number of hydrogen-bond acceptors (Lipinski definition) is 3. The van der Waals surface area contributed by atoms with E-state index in [2.05, 4.69) is 5.32 Å². The predicted molar refractivity (Wildman–Crippen MR) is 68.7 cm³/mol. The van der Waals surface area contributed by atoms with Crippen LogP contribution in [0.15, 0.2) is 18.2 Å². The highest BCUT2D eigenvalue weighted by atomic mass is 19.1. The largest absolute Gasteiger partial charge is 0.363 e. The van der Waals surface area contributed by atoms with E-state index < -0.39 is 0 Å². The molecule has 1 saturated carbocycles. The Bertz CT molecular complexity index is 446. The molecule has 1 aromatic carbocycles. The third kappa shape index (κ3) is 3.20. The maximum atomic E-state index is 13.8. The van der Waals surface area contributed by atoms with Crippen molar-refractivity contribution in [3.8, 4) is 0 Å². The van der Waals surface area contributed by atoms with Crippen LogP contribution in [0.2, 0.25) is 0 Å². The normalized spacial score (nSPS) is 14.4. The minimum atomic E-state index is -0.348. The summed E-state index contributed by atoms with van der Waals surface area (Å²) >= 11 is 0. The summed E-state index contributed by atoms with van der Waals surface area (Å²) in [6, 6.07) is 5.16. The van der Waals surface area contributed by atoms with Crippen molar-refractivity contribution >= 4 is 11.6 Å². The Morgan fingerprint density at radius 1 is 1.56 bits per heavy atom. The van der Waals surface area contributed by atoms with Crippen LogP contribution in [0.1, 0.15) is 18.4 Å². The van der Waals surface area contributed by atoms with Crippen LogP contribution < -0.4 is 16.0 Å². The Morgan fingerprint density at radius 3 is 2.83 bits per heavy atom. The van der Waals surface area contributed by atoms with E-state index >= 15 is 0 Å². The summed E-state index contributed by atoms with van der Waals surface area (Å²) < 4.78 is 13.8. The number of benzene rings is 1. The van der Waals surface area contributed by atoms with E-state index in [9.17, 15) is 9.18 Å². The van der Waals surface area contributed by atoms with Crippen molar-refractivity contribution < 1.29 is 9.18 Å². The van der Waals surface area contributed by atoms with Gasteiger partial charge in [-0.2, -0.15) is 0 Å². The third-order valence-electron chi connectivity index (χ3n) is 2.98. The van der Waals surface area contributed by atoms with Crippen LogP contribution in [0.25, 0.3) is 0 Å². The highest BCUT2D eigenvalue weighted by Crippen LogP contribution is 2.20. The van der Waals surface area contributed by atoms with Crippen LogP contribution >= 0.6 is 0 Å². The lowest BCUT2D eigenvalue weighted by atomic mass is 10.2. The van der Waals surface area contributed by atoms with Gasteiger partial charge in [0.05, 0.1) is 12.2 Å². The van der Waals surface area contributed by atoms with Gasteiger partial charge in [0.25, 0.3) is 0 Å². The molecule has 5 heteroatoms. The SMILES string of the molecule is CN(CC(=O)NC1CC1)c1ccc(CN)cc1F. The molecule has 4 nitrogen and oxygen atoms in total. The van der Waals surface area contributed by atoms with E-state index in [0.29, 0.717) is 18.3 Å². The van der Waals surface area contributed by atoms with Crippen molar-refractivity contribution in [3.05, 3.63) is 29.6 Å². The Balaban J connectivity index is 1.98. The van der Waals surface area contributed by atoms with Crippen LogP contribution in [0.3, 0.4) is 0 Å². The van der Waals surface area contributed by atoms with E-state index in [0.717, 1.165) is 18.4 Å². The fourth-order valence-corrected chi connectivity index (χ4v) is 1.79. The monoisotopic (exact) mass is 251 g/mol. The standard InChI is InChI=1S/C13H18FN3O/c1-17(8-13(18)16-10-3-4-10)12-5-2-9(7-15)6-11(12)14/h2,5-6,10H,3-4,7-8,15H2,1H3,(H,16,18). The van der Waals surface area contributed by atoms with E-state index in [1.165, 1.54) is 6.07 Å². The summed E-state index contributed by atoms with van der Waals surface area (Å²) in [5, 5.41) is 2.87. The molecule has 1 aliphatic carbocycles. The quantitative estimate of drug-likeness (QED) is 0.820. The molecule has 2 rings (SSSR count). The number of rotatable bonds is 5. The number of hydrogen-bond donors (Lipinski definition) is 2. The van der Waals surface area contributed by atoms with Crippen molar-refractivity contribution in [1.82, 2.24) is 5.32 Å². The minimum absolute atomic E-state index is 0.0673. The van der Waals surface area contributed by atoms with Gasteiger partial charge in [-0.15, -0.1) is 0 Å². The second-order valence-electron chi connectivity index (χ2n) is 4.69. The van der Waals surface area contributed by atoms with Gasteiger partial charge in [-0.3, -0.25) is 4.79 Å². The molecule has 0 bridgehead atoms. The molecular formula is C13H18FN3O. The van der Waals surface area contributed by atoms with Crippen molar-refractivity contribution in [2.45, 2.75) is 25.4 Å². The lowest BCUT2D eigenvalue weighted by Crippen LogP contribution is -2.36. The average molecular weight is 251 g/mol. The molecule has 0 radical (unpaired) electrons. The van der Waals surface area contributed by atoms with Crippen molar-refractivity contribution in [3.63, 3.8) is 0 Å². The van der Waals surface area contributed by atoms with Crippen molar-refractivity contribution in [2.75, 3.05) is 18.5 Å². The van der Waals surface area contributed by atoms with Crippen LogP contribution in [0.4, 0.5) is 10.1 Å². The molecule has 18 heavy (non-hydrogen) atoms. The minimum Gasteiger partial charge on any atom is -0.363 e. The third-order valence-corrected chi connectivity index (χ3v) is 2.98. The van der Waals surface area contributed by atoms with Crippen LogP contribution in [-0.4, -0.2) is 25.5 Å². The van der Waals surface area contributed by atoms with Crippen LogP contribution in [-0.2, 0) is 11.3 Å². The van der Waals surface area contributed by atoms with Crippen molar-refractivity contribution in [2.24, 2.45) is 5.73 Å². The van der Waals surface area contributed by atoms with Crippen molar-refractivity contribution in [1.29, 1.82) is 0 Å². The summed E-state index contributed by atoms with van der Waals surface area (Å²) in [5.74, 6) is -0.415. The first-order chi connectivity index (χ1) is 8.60. The summed E-state index contributed by atoms with van der Waals surface area (Å²) in [7, 11) is 1.70. The van der Waals surface area contributed by atoms with Gasteiger partial charge in [-0.25, -0.2) is 4.39 Å². The fourth-order valence-electron chi connectivity index (χ4n) is 1.79. The molecule has 1 aliphatic rings. The lowest BCUT2D eigenvalue weighted by Gasteiger charge is -2.19. The topological polar surface area (TPSA) is 58.4 Å². The molecule has 1 fully saturated rings. The number of likely N-dealkylation sites (N-methyl/N-ethyl adjacent to an activating group) is 1. The van der Waals surface area contributed by atoms with Crippen LogP contribution in [0, 0.1) is 5.82 Å². The number of anilines is 1. The van der Waals surface area contributed by atoms with Gasteiger partial charge in [0.1, 0.15) is 5.82 Å². The molecule has 1 aromatic rings. The first-order valence-electron chi connectivity index (χ1n) is 6.09. The fraction of sp³-hybridized carbons (Fsp3) is 0.462. The summed E-state index contributed by atoms with van der Waals surface area (Å²) in [5.41, 5.74) is 6.60.